The third-order valence-electron chi connectivity index (χ3n) is 4.84. The Morgan fingerprint density at radius 1 is 1.28 bits per heavy atom. The zero-order valence-electron chi connectivity index (χ0n) is 16.8. The monoisotopic (exact) mass is 468 g/mol. The number of anilines is 1. The number of hydrogen-bond donors (Lipinski definition) is 0. The Kier molecular flexibility index (Phi) is 7.13. The van der Waals surface area contributed by atoms with Crippen LogP contribution in [0.4, 0.5) is 10.5 Å². The maximum Gasteiger partial charge on any atom is 0.414 e. The molecule has 1 fully saturated rings. The predicted molar refractivity (Wildman–Crippen MR) is 110 cm³/mol. The van der Waals surface area contributed by atoms with Crippen LogP contribution >= 0.6 is 15.9 Å². The lowest BCUT2D eigenvalue weighted by Gasteiger charge is -2.36. The van der Waals surface area contributed by atoms with E-state index in [4.69, 9.17) is 18.6 Å². The second-order valence-electron chi connectivity index (χ2n) is 6.65. The van der Waals surface area contributed by atoms with Gasteiger partial charge in [0.15, 0.2) is 5.58 Å². The van der Waals surface area contributed by atoms with Gasteiger partial charge in [-0.25, -0.2) is 14.6 Å². The van der Waals surface area contributed by atoms with Gasteiger partial charge in [-0.3, -0.25) is 4.90 Å². The molecule has 0 radical (unpaired) electrons. The molecule has 3 heterocycles. The van der Waals surface area contributed by atoms with Gasteiger partial charge in [0.25, 0.3) is 0 Å². The van der Waals surface area contributed by atoms with Crippen molar-refractivity contribution in [3.8, 4) is 0 Å². The molecule has 29 heavy (non-hydrogen) atoms. The number of carbonyl (C=O) groups excluding carboxylic acids is 2. The van der Waals surface area contributed by atoms with Gasteiger partial charge in [0.05, 0.1) is 25.5 Å². The number of rotatable bonds is 6. The fourth-order valence-electron chi connectivity index (χ4n) is 3.53. The molecule has 0 N–H and O–H groups in total. The first-order valence-electron chi connectivity index (χ1n) is 9.82. The van der Waals surface area contributed by atoms with Crippen molar-refractivity contribution in [3.63, 3.8) is 0 Å². The van der Waals surface area contributed by atoms with Crippen molar-refractivity contribution in [2.75, 3.05) is 24.7 Å². The van der Waals surface area contributed by atoms with Crippen molar-refractivity contribution in [3.05, 3.63) is 22.6 Å². The van der Waals surface area contributed by atoms with E-state index in [0.717, 1.165) is 6.42 Å². The molecule has 1 saturated heterocycles. The number of esters is 1. The average Bonchev–Trinajstić information content (AvgIpc) is 3.07. The van der Waals surface area contributed by atoms with Gasteiger partial charge in [-0.1, -0.05) is 6.92 Å². The van der Waals surface area contributed by atoms with Crippen LogP contribution in [0.15, 0.2) is 21.3 Å². The first-order valence-corrected chi connectivity index (χ1v) is 10.6. The van der Waals surface area contributed by atoms with Crippen LogP contribution < -0.4 is 4.90 Å². The second kappa shape index (κ2) is 9.58. The molecule has 1 aliphatic heterocycles. The Balaban J connectivity index is 2.17. The molecule has 0 saturated carbocycles. The SMILES string of the molecule is CCOC(=O)c1oc2cnc(Br)cc2c1N(C(=O)OCC)C1CCO[C@@H](CC)C1. The summed E-state index contributed by atoms with van der Waals surface area (Å²) in [6, 6.07) is 1.52. The number of amides is 1. The largest absolute Gasteiger partial charge is 0.460 e. The molecule has 158 valence electrons. The number of nitrogens with zero attached hydrogens (tertiary/aromatic N) is 2. The van der Waals surface area contributed by atoms with Gasteiger partial charge in [0, 0.05) is 18.0 Å². The standard InChI is InChI=1S/C20H25BrN2O6/c1-4-13-9-12(7-8-28-13)23(20(25)27-6-3)17-14-10-16(21)22-11-15(14)29-18(17)19(24)26-5-2/h10-13H,4-9H2,1-3H3/t12?,13-/m0/s1. The summed E-state index contributed by atoms with van der Waals surface area (Å²) in [5.74, 6) is -0.669. The molecule has 0 spiro atoms. The third-order valence-corrected chi connectivity index (χ3v) is 5.28. The van der Waals surface area contributed by atoms with Crippen LogP contribution in [0.25, 0.3) is 11.0 Å². The van der Waals surface area contributed by atoms with E-state index in [1.807, 2.05) is 6.92 Å². The smallest absolute Gasteiger partial charge is 0.414 e. The van der Waals surface area contributed by atoms with E-state index in [1.54, 1.807) is 19.9 Å². The molecule has 1 unspecified atom stereocenters. The summed E-state index contributed by atoms with van der Waals surface area (Å²) in [5, 5.41) is 0.586. The van der Waals surface area contributed by atoms with Crippen molar-refractivity contribution in [1.82, 2.24) is 4.98 Å². The van der Waals surface area contributed by atoms with Gasteiger partial charge in [-0.15, -0.1) is 0 Å². The number of aromatic nitrogens is 1. The molecule has 9 heteroatoms. The molecule has 1 amide bonds. The van der Waals surface area contributed by atoms with E-state index < -0.39 is 12.1 Å². The third kappa shape index (κ3) is 4.56. The number of pyridine rings is 1. The Bertz CT molecular complexity index is 883. The quantitative estimate of drug-likeness (QED) is 0.448. The van der Waals surface area contributed by atoms with Crippen molar-refractivity contribution in [2.45, 2.75) is 52.2 Å². The molecule has 0 bridgehead atoms. The summed E-state index contributed by atoms with van der Waals surface area (Å²) in [7, 11) is 0. The molecule has 2 aromatic heterocycles. The zero-order chi connectivity index (χ0) is 21.0. The maximum atomic E-state index is 13.0. The summed E-state index contributed by atoms with van der Waals surface area (Å²) in [6.07, 6.45) is 3.10. The minimum absolute atomic E-state index is 0.0308. The highest BCUT2D eigenvalue weighted by atomic mass is 79.9. The summed E-state index contributed by atoms with van der Waals surface area (Å²) >= 11 is 3.35. The van der Waals surface area contributed by atoms with Crippen LogP contribution in [0.1, 0.15) is 50.6 Å². The lowest BCUT2D eigenvalue weighted by Crippen LogP contribution is -2.46. The van der Waals surface area contributed by atoms with E-state index in [-0.39, 0.29) is 31.1 Å². The van der Waals surface area contributed by atoms with Gasteiger partial charge in [-0.05, 0) is 55.1 Å². The van der Waals surface area contributed by atoms with Crippen molar-refractivity contribution >= 4 is 44.6 Å². The van der Waals surface area contributed by atoms with E-state index in [1.165, 1.54) is 11.1 Å². The minimum atomic E-state index is -0.636. The molecule has 2 aromatic rings. The van der Waals surface area contributed by atoms with E-state index in [0.29, 0.717) is 40.7 Å². The van der Waals surface area contributed by atoms with Gasteiger partial charge < -0.3 is 18.6 Å². The molecule has 1 aliphatic rings. The molecular formula is C20H25BrN2O6. The van der Waals surface area contributed by atoms with E-state index in [9.17, 15) is 9.59 Å². The second-order valence-corrected chi connectivity index (χ2v) is 7.46. The summed E-state index contributed by atoms with van der Waals surface area (Å²) in [4.78, 5) is 31.4. The van der Waals surface area contributed by atoms with Gasteiger partial charge in [0.2, 0.25) is 5.76 Å². The number of hydrogen-bond acceptors (Lipinski definition) is 7. The molecule has 0 aromatic carbocycles. The highest BCUT2D eigenvalue weighted by Gasteiger charge is 2.37. The maximum absolute atomic E-state index is 13.0. The summed E-state index contributed by atoms with van der Waals surface area (Å²) < 4.78 is 22.6. The number of fused-ring (bicyclic) bond motifs is 1. The molecule has 8 nitrogen and oxygen atoms in total. The number of halogens is 1. The van der Waals surface area contributed by atoms with E-state index in [2.05, 4.69) is 20.9 Å². The van der Waals surface area contributed by atoms with Crippen molar-refractivity contribution in [1.29, 1.82) is 0 Å². The van der Waals surface area contributed by atoms with Crippen molar-refractivity contribution in [2.24, 2.45) is 0 Å². The first-order chi connectivity index (χ1) is 14.0. The lowest BCUT2D eigenvalue weighted by molar-refractivity contribution is 0.00465. The highest BCUT2D eigenvalue weighted by Crippen LogP contribution is 2.39. The van der Waals surface area contributed by atoms with Crippen LogP contribution in [-0.4, -0.2) is 49.0 Å². The summed E-state index contributed by atoms with van der Waals surface area (Å²) in [6.45, 7) is 6.43. The number of ether oxygens (including phenoxy) is 3. The topological polar surface area (TPSA) is 91.1 Å². The molecule has 3 rings (SSSR count). The normalized spacial score (nSPS) is 19.2. The first kappa shape index (κ1) is 21.6. The summed E-state index contributed by atoms with van der Waals surface area (Å²) in [5.41, 5.74) is 0.737. The lowest BCUT2D eigenvalue weighted by atomic mass is 9.99. The van der Waals surface area contributed by atoms with Gasteiger partial charge >= 0.3 is 12.1 Å². The van der Waals surface area contributed by atoms with Crippen molar-refractivity contribution < 1.29 is 28.2 Å². The van der Waals surface area contributed by atoms with Crippen LogP contribution in [-0.2, 0) is 14.2 Å². The highest BCUT2D eigenvalue weighted by molar-refractivity contribution is 9.10. The van der Waals surface area contributed by atoms with Crippen LogP contribution in [0.5, 0.6) is 0 Å². The number of furan rings is 1. The van der Waals surface area contributed by atoms with Crippen LogP contribution in [0.3, 0.4) is 0 Å². The number of carbonyl (C=O) groups is 2. The molecule has 0 aliphatic carbocycles. The van der Waals surface area contributed by atoms with Gasteiger partial charge in [0.1, 0.15) is 10.3 Å². The zero-order valence-corrected chi connectivity index (χ0v) is 18.4. The van der Waals surface area contributed by atoms with Crippen LogP contribution in [0.2, 0.25) is 0 Å². The fraction of sp³-hybridized carbons (Fsp3) is 0.550. The molecule has 2 atom stereocenters. The molecular weight excluding hydrogens is 444 g/mol. The fourth-order valence-corrected chi connectivity index (χ4v) is 3.86. The Morgan fingerprint density at radius 2 is 2.03 bits per heavy atom. The average molecular weight is 469 g/mol. The predicted octanol–water partition coefficient (Wildman–Crippen LogP) is 4.69. The Hall–Kier alpha value is -2.13. The minimum Gasteiger partial charge on any atom is -0.460 e. The van der Waals surface area contributed by atoms with Gasteiger partial charge in [-0.2, -0.15) is 0 Å². The Labute approximate surface area is 177 Å². The van der Waals surface area contributed by atoms with Crippen LogP contribution in [0, 0.1) is 0 Å². The van der Waals surface area contributed by atoms with E-state index >= 15 is 0 Å². The Morgan fingerprint density at radius 3 is 2.72 bits per heavy atom.